The average molecular weight is 304 g/mol. The number of nitrogens with zero attached hydrogens (tertiary/aromatic N) is 4. The Balaban J connectivity index is 1.74. The van der Waals surface area contributed by atoms with Crippen molar-refractivity contribution in [1.82, 2.24) is 15.1 Å². The summed E-state index contributed by atoms with van der Waals surface area (Å²) in [7, 11) is 0. The fourth-order valence-electron chi connectivity index (χ4n) is 2.72. The van der Waals surface area contributed by atoms with E-state index in [9.17, 15) is 9.50 Å². The minimum absolute atomic E-state index is 0.304. The zero-order chi connectivity index (χ0) is 15.3. The SMILES string of the molecule is Cc1noc([C@H]2C[C@H](O)CN2c2nc3cc(F)ccc3o2)n1. The highest BCUT2D eigenvalue weighted by molar-refractivity contribution is 5.74. The Morgan fingerprint density at radius 1 is 1.36 bits per heavy atom. The number of hydrogen-bond donors (Lipinski definition) is 1. The second-order valence-corrected chi connectivity index (χ2v) is 5.35. The lowest BCUT2D eigenvalue weighted by Gasteiger charge is -2.18. The van der Waals surface area contributed by atoms with Gasteiger partial charge in [-0.25, -0.2) is 4.39 Å². The average Bonchev–Trinajstić information content (AvgIpc) is 3.15. The second kappa shape index (κ2) is 4.77. The number of rotatable bonds is 2. The zero-order valence-electron chi connectivity index (χ0n) is 11.7. The Bertz CT molecular complexity index is 830. The molecule has 3 heterocycles. The third-order valence-corrected chi connectivity index (χ3v) is 3.69. The molecule has 1 N–H and O–H groups in total. The van der Waals surface area contributed by atoms with Gasteiger partial charge in [0.2, 0.25) is 5.89 Å². The Morgan fingerprint density at radius 2 is 2.23 bits per heavy atom. The van der Waals surface area contributed by atoms with Crippen molar-refractivity contribution in [2.45, 2.75) is 25.5 Å². The van der Waals surface area contributed by atoms with Crippen molar-refractivity contribution in [3.05, 3.63) is 35.7 Å². The molecule has 1 aromatic carbocycles. The first-order valence-electron chi connectivity index (χ1n) is 6.91. The first-order valence-corrected chi connectivity index (χ1v) is 6.91. The van der Waals surface area contributed by atoms with Crippen LogP contribution in [0.1, 0.15) is 24.2 Å². The van der Waals surface area contributed by atoms with E-state index in [1.165, 1.54) is 18.2 Å². The largest absolute Gasteiger partial charge is 0.423 e. The molecule has 0 spiro atoms. The number of benzene rings is 1. The normalized spacial score (nSPS) is 21.9. The molecule has 1 aliphatic heterocycles. The molecule has 0 aliphatic carbocycles. The van der Waals surface area contributed by atoms with Gasteiger partial charge >= 0.3 is 0 Å². The van der Waals surface area contributed by atoms with Crippen LogP contribution in [-0.2, 0) is 0 Å². The summed E-state index contributed by atoms with van der Waals surface area (Å²) in [6.45, 7) is 2.06. The maximum absolute atomic E-state index is 13.3. The number of halogens is 1. The minimum Gasteiger partial charge on any atom is -0.423 e. The molecule has 3 aromatic rings. The Hall–Kier alpha value is -2.48. The number of oxazole rings is 1. The van der Waals surface area contributed by atoms with Crippen LogP contribution in [0.15, 0.2) is 27.1 Å². The van der Waals surface area contributed by atoms with Gasteiger partial charge in [0.15, 0.2) is 11.4 Å². The third-order valence-electron chi connectivity index (χ3n) is 3.69. The van der Waals surface area contributed by atoms with Crippen molar-refractivity contribution < 1.29 is 18.4 Å². The lowest BCUT2D eigenvalue weighted by molar-refractivity contribution is 0.191. The fraction of sp³-hybridized carbons (Fsp3) is 0.357. The number of hydrogen-bond acceptors (Lipinski definition) is 7. The van der Waals surface area contributed by atoms with E-state index in [0.717, 1.165) is 0 Å². The Kier molecular flexibility index (Phi) is 2.86. The van der Waals surface area contributed by atoms with Gasteiger partial charge in [-0.2, -0.15) is 9.97 Å². The molecule has 2 aromatic heterocycles. The molecule has 0 bridgehead atoms. The van der Waals surface area contributed by atoms with Gasteiger partial charge < -0.3 is 18.9 Å². The Morgan fingerprint density at radius 3 is 3.00 bits per heavy atom. The monoisotopic (exact) mass is 304 g/mol. The van der Waals surface area contributed by atoms with Crippen molar-refractivity contribution in [2.24, 2.45) is 0 Å². The molecule has 1 fully saturated rings. The van der Waals surface area contributed by atoms with Crippen molar-refractivity contribution in [3.8, 4) is 0 Å². The first kappa shape index (κ1) is 13.2. The van der Waals surface area contributed by atoms with E-state index in [1.807, 2.05) is 0 Å². The molecule has 0 saturated carbocycles. The molecule has 0 amide bonds. The lowest BCUT2D eigenvalue weighted by Crippen LogP contribution is -2.24. The summed E-state index contributed by atoms with van der Waals surface area (Å²) in [5.41, 5.74) is 0.912. The predicted octanol–water partition coefficient (Wildman–Crippen LogP) is 1.97. The summed E-state index contributed by atoms with van der Waals surface area (Å²) >= 11 is 0. The quantitative estimate of drug-likeness (QED) is 0.774. The van der Waals surface area contributed by atoms with Gasteiger partial charge in [-0.3, -0.25) is 0 Å². The predicted molar refractivity (Wildman–Crippen MR) is 73.7 cm³/mol. The molecular formula is C14H13FN4O3. The number of aliphatic hydroxyl groups excluding tert-OH is 1. The van der Waals surface area contributed by atoms with Crippen LogP contribution in [0, 0.1) is 12.7 Å². The van der Waals surface area contributed by atoms with Crippen LogP contribution in [0.2, 0.25) is 0 Å². The summed E-state index contributed by atoms with van der Waals surface area (Å²) in [6.07, 6.45) is -0.113. The smallest absolute Gasteiger partial charge is 0.299 e. The molecule has 8 heteroatoms. The topological polar surface area (TPSA) is 88.4 Å². The van der Waals surface area contributed by atoms with E-state index in [0.29, 0.717) is 41.8 Å². The molecular weight excluding hydrogens is 291 g/mol. The minimum atomic E-state index is -0.552. The van der Waals surface area contributed by atoms with E-state index >= 15 is 0 Å². The summed E-state index contributed by atoms with van der Waals surface area (Å²) in [6, 6.07) is 4.14. The highest BCUT2D eigenvalue weighted by Crippen LogP contribution is 2.36. The number of β-amino-alcohol motifs (C(OH)–C–C–N with tert-alkyl or cyclic N) is 1. The van der Waals surface area contributed by atoms with Crippen molar-refractivity contribution in [3.63, 3.8) is 0 Å². The van der Waals surface area contributed by atoms with Gasteiger partial charge in [-0.05, 0) is 19.1 Å². The molecule has 22 heavy (non-hydrogen) atoms. The highest BCUT2D eigenvalue weighted by atomic mass is 19.1. The van der Waals surface area contributed by atoms with E-state index < -0.39 is 6.10 Å². The van der Waals surface area contributed by atoms with Crippen LogP contribution < -0.4 is 4.90 Å². The van der Waals surface area contributed by atoms with Crippen LogP contribution in [-0.4, -0.2) is 32.9 Å². The number of aryl methyl sites for hydroxylation is 1. The van der Waals surface area contributed by atoms with E-state index in [2.05, 4.69) is 15.1 Å². The van der Waals surface area contributed by atoms with Gasteiger partial charge in [-0.1, -0.05) is 5.16 Å². The van der Waals surface area contributed by atoms with Gasteiger partial charge in [-0.15, -0.1) is 0 Å². The standard InChI is InChI=1S/C14H13FN4O3/c1-7-16-13(22-18-7)11-5-9(20)6-19(11)14-17-10-4-8(15)2-3-12(10)21-14/h2-4,9,11,20H,5-6H2,1H3/t9-,11+/m0/s1. The summed E-state index contributed by atoms with van der Waals surface area (Å²) in [4.78, 5) is 10.3. The van der Waals surface area contributed by atoms with Crippen LogP contribution in [0.25, 0.3) is 11.1 Å². The lowest BCUT2D eigenvalue weighted by atomic mass is 10.2. The van der Waals surface area contributed by atoms with Crippen molar-refractivity contribution in [1.29, 1.82) is 0 Å². The summed E-state index contributed by atoms with van der Waals surface area (Å²) < 4.78 is 24.1. The van der Waals surface area contributed by atoms with Gasteiger partial charge in [0.25, 0.3) is 6.01 Å². The zero-order valence-corrected chi connectivity index (χ0v) is 11.7. The van der Waals surface area contributed by atoms with Gasteiger partial charge in [0, 0.05) is 19.0 Å². The van der Waals surface area contributed by atoms with Gasteiger partial charge in [0.05, 0.1) is 6.10 Å². The fourth-order valence-corrected chi connectivity index (χ4v) is 2.72. The maximum atomic E-state index is 13.3. The molecule has 1 aliphatic rings. The van der Waals surface area contributed by atoms with Crippen LogP contribution in [0.5, 0.6) is 0 Å². The number of aromatic nitrogens is 3. The van der Waals surface area contributed by atoms with Crippen LogP contribution >= 0.6 is 0 Å². The van der Waals surface area contributed by atoms with Crippen molar-refractivity contribution >= 4 is 17.1 Å². The molecule has 2 atom stereocenters. The highest BCUT2D eigenvalue weighted by Gasteiger charge is 2.38. The maximum Gasteiger partial charge on any atom is 0.299 e. The molecule has 1 saturated heterocycles. The summed E-state index contributed by atoms with van der Waals surface area (Å²) in [5, 5.41) is 13.7. The van der Waals surface area contributed by atoms with E-state index in [1.54, 1.807) is 11.8 Å². The summed E-state index contributed by atoms with van der Waals surface area (Å²) in [5.74, 6) is 0.552. The molecule has 0 unspecified atom stereocenters. The van der Waals surface area contributed by atoms with Crippen LogP contribution in [0.3, 0.4) is 0 Å². The number of anilines is 1. The van der Waals surface area contributed by atoms with E-state index in [-0.39, 0.29) is 11.9 Å². The molecule has 0 radical (unpaired) electrons. The van der Waals surface area contributed by atoms with Crippen LogP contribution in [0.4, 0.5) is 10.4 Å². The number of aliphatic hydroxyl groups is 1. The van der Waals surface area contributed by atoms with E-state index in [4.69, 9.17) is 8.94 Å². The second-order valence-electron chi connectivity index (χ2n) is 5.35. The first-order chi connectivity index (χ1) is 10.6. The molecule has 4 rings (SSSR count). The third kappa shape index (κ3) is 2.12. The molecule has 114 valence electrons. The van der Waals surface area contributed by atoms with Crippen molar-refractivity contribution in [2.75, 3.05) is 11.4 Å². The van der Waals surface area contributed by atoms with Gasteiger partial charge in [0.1, 0.15) is 17.4 Å². The number of fused-ring (bicyclic) bond motifs is 1. The Labute approximate surface area is 124 Å². The molecule has 7 nitrogen and oxygen atoms in total.